The zero-order chi connectivity index (χ0) is 20.3. The summed E-state index contributed by atoms with van der Waals surface area (Å²) in [5, 5.41) is 12.1. The summed E-state index contributed by atoms with van der Waals surface area (Å²) in [5.74, 6) is -0.309. The number of rotatable bonds is 6. The SMILES string of the molecule is CN1[C@@H](CCCO)CNC(=O)[C@@H]2[C@H]1CCN2Cc1cccc(OC(F)(F)F)c1. The van der Waals surface area contributed by atoms with Crippen LogP contribution in [0.4, 0.5) is 13.2 Å². The van der Waals surface area contributed by atoms with E-state index < -0.39 is 6.36 Å². The molecule has 0 spiro atoms. The molecule has 0 radical (unpaired) electrons. The monoisotopic (exact) mass is 401 g/mol. The minimum Gasteiger partial charge on any atom is -0.406 e. The number of carbonyl (C=O) groups excluding carboxylic acids is 1. The van der Waals surface area contributed by atoms with Crippen LogP contribution in [-0.4, -0.2) is 72.0 Å². The first kappa shape index (κ1) is 20.9. The minimum absolute atomic E-state index is 0.0424. The summed E-state index contributed by atoms with van der Waals surface area (Å²) in [6.07, 6.45) is -2.45. The zero-order valence-corrected chi connectivity index (χ0v) is 15.8. The molecule has 28 heavy (non-hydrogen) atoms. The van der Waals surface area contributed by atoms with Gasteiger partial charge in [-0.05, 0) is 44.0 Å². The number of ether oxygens (including phenoxy) is 1. The number of likely N-dealkylation sites (tertiary alicyclic amines) is 1. The molecule has 0 aromatic heterocycles. The number of alkyl halides is 3. The van der Waals surface area contributed by atoms with Crippen LogP contribution in [0.25, 0.3) is 0 Å². The number of nitrogens with zero attached hydrogens (tertiary/aromatic N) is 2. The van der Waals surface area contributed by atoms with Crippen LogP contribution in [0.2, 0.25) is 0 Å². The highest BCUT2D eigenvalue weighted by atomic mass is 19.4. The van der Waals surface area contributed by atoms with Gasteiger partial charge in [-0.25, -0.2) is 0 Å². The molecule has 1 aromatic rings. The average Bonchev–Trinajstić information content (AvgIpc) is 2.98. The number of nitrogens with one attached hydrogen (secondary N) is 1. The smallest absolute Gasteiger partial charge is 0.406 e. The molecule has 1 amide bonds. The predicted octanol–water partition coefficient (Wildman–Crippen LogP) is 1.73. The lowest BCUT2D eigenvalue weighted by atomic mass is 10.0. The van der Waals surface area contributed by atoms with Gasteiger partial charge < -0.3 is 15.2 Å². The lowest BCUT2D eigenvalue weighted by Crippen LogP contribution is -2.49. The Hall–Kier alpha value is -1.84. The average molecular weight is 401 g/mol. The molecule has 0 aliphatic carbocycles. The van der Waals surface area contributed by atoms with Crippen molar-refractivity contribution in [2.45, 2.75) is 50.3 Å². The Morgan fingerprint density at radius 1 is 1.36 bits per heavy atom. The molecule has 2 aliphatic rings. The minimum atomic E-state index is -4.73. The van der Waals surface area contributed by atoms with Crippen LogP contribution in [0.5, 0.6) is 5.75 Å². The summed E-state index contributed by atoms with van der Waals surface area (Å²) < 4.78 is 41.4. The first-order valence-corrected chi connectivity index (χ1v) is 9.48. The lowest BCUT2D eigenvalue weighted by molar-refractivity contribution is -0.274. The van der Waals surface area contributed by atoms with E-state index >= 15 is 0 Å². The maximum atomic E-state index is 12.7. The quantitative estimate of drug-likeness (QED) is 0.760. The van der Waals surface area contributed by atoms with E-state index in [1.165, 1.54) is 18.2 Å². The van der Waals surface area contributed by atoms with Crippen molar-refractivity contribution < 1.29 is 27.8 Å². The molecule has 3 atom stereocenters. The summed E-state index contributed by atoms with van der Waals surface area (Å²) in [7, 11) is 2.00. The van der Waals surface area contributed by atoms with Crippen molar-refractivity contribution >= 4 is 5.91 Å². The third-order valence-corrected chi connectivity index (χ3v) is 5.56. The van der Waals surface area contributed by atoms with Crippen LogP contribution in [0.15, 0.2) is 24.3 Å². The molecule has 156 valence electrons. The maximum Gasteiger partial charge on any atom is 0.573 e. The van der Waals surface area contributed by atoms with E-state index in [1.54, 1.807) is 6.07 Å². The van der Waals surface area contributed by atoms with E-state index in [4.69, 9.17) is 5.11 Å². The molecule has 0 unspecified atom stereocenters. The largest absolute Gasteiger partial charge is 0.573 e. The normalized spacial score (nSPS) is 26.6. The summed E-state index contributed by atoms with van der Waals surface area (Å²) in [5.41, 5.74) is 0.666. The van der Waals surface area contributed by atoms with Gasteiger partial charge >= 0.3 is 6.36 Å². The van der Waals surface area contributed by atoms with Gasteiger partial charge in [0.2, 0.25) is 5.91 Å². The Labute approximate surface area is 162 Å². The fourth-order valence-corrected chi connectivity index (χ4v) is 4.23. The molecular formula is C19H26F3N3O3. The fraction of sp³-hybridized carbons (Fsp3) is 0.632. The first-order chi connectivity index (χ1) is 13.3. The van der Waals surface area contributed by atoms with E-state index in [1.807, 2.05) is 11.9 Å². The van der Waals surface area contributed by atoms with Gasteiger partial charge in [-0.15, -0.1) is 13.2 Å². The Bertz CT molecular complexity index is 686. The van der Waals surface area contributed by atoms with Crippen molar-refractivity contribution in [1.29, 1.82) is 0 Å². The van der Waals surface area contributed by atoms with Crippen molar-refractivity contribution in [3.8, 4) is 5.75 Å². The van der Waals surface area contributed by atoms with E-state index in [0.29, 0.717) is 31.6 Å². The number of halogens is 3. The van der Waals surface area contributed by atoms with Gasteiger partial charge in [-0.1, -0.05) is 12.1 Å². The van der Waals surface area contributed by atoms with Crippen LogP contribution in [0.3, 0.4) is 0 Å². The van der Waals surface area contributed by atoms with Gasteiger partial charge in [-0.2, -0.15) is 0 Å². The topological polar surface area (TPSA) is 65.0 Å². The zero-order valence-electron chi connectivity index (χ0n) is 15.8. The third-order valence-electron chi connectivity index (χ3n) is 5.56. The second-order valence-electron chi connectivity index (χ2n) is 7.40. The van der Waals surface area contributed by atoms with Crippen molar-refractivity contribution in [2.24, 2.45) is 0 Å². The molecule has 1 aromatic carbocycles. The number of carbonyl (C=O) groups is 1. The molecule has 2 heterocycles. The number of benzene rings is 1. The van der Waals surface area contributed by atoms with Crippen LogP contribution in [0.1, 0.15) is 24.8 Å². The van der Waals surface area contributed by atoms with E-state index in [2.05, 4.69) is 15.0 Å². The summed E-state index contributed by atoms with van der Waals surface area (Å²) in [6.45, 7) is 1.71. The van der Waals surface area contributed by atoms with Gasteiger partial charge in [0.15, 0.2) is 0 Å². The van der Waals surface area contributed by atoms with Crippen molar-refractivity contribution in [1.82, 2.24) is 15.1 Å². The molecule has 2 N–H and O–H groups in total. The summed E-state index contributed by atoms with van der Waals surface area (Å²) >= 11 is 0. The highest BCUT2D eigenvalue weighted by Gasteiger charge is 2.44. The summed E-state index contributed by atoms with van der Waals surface area (Å²) in [6, 6.07) is 5.74. The number of likely N-dealkylation sites (N-methyl/N-ethyl adjacent to an activating group) is 1. The third kappa shape index (κ3) is 4.95. The van der Waals surface area contributed by atoms with Gasteiger partial charge in [0.05, 0.1) is 0 Å². The Morgan fingerprint density at radius 2 is 2.14 bits per heavy atom. The number of hydrogen-bond acceptors (Lipinski definition) is 5. The molecule has 2 fully saturated rings. The number of hydrogen-bond donors (Lipinski definition) is 2. The highest BCUT2D eigenvalue weighted by molar-refractivity contribution is 5.83. The van der Waals surface area contributed by atoms with Gasteiger partial charge in [0.25, 0.3) is 0 Å². The second-order valence-corrected chi connectivity index (χ2v) is 7.40. The van der Waals surface area contributed by atoms with E-state index in [0.717, 1.165) is 12.8 Å². The number of aliphatic hydroxyl groups excluding tert-OH is 1. The molecule has 3 rings (SSSR count). The first-order valence-electron chi connectivity index (χ1n) is 9.48. The molecule has 6 nitrogen and oxygen atoms in total. The Morgan fingerprint density at radius 3 is 2.86 bits per heavy atom. The molecule has 2 saturated heterocycles. The maximum absolute atomic E-state index is 12.7. The van der Waals surface area contributed by atoms with Crippen molar-refractivity contribution in [3.63, 3.8) is 0 Å². The van der Waals surface area contributed by atoms with Gasteiger partial charge in [0.1, 0.15) is 11.8 Å². The number of fused-ring (bicyclic) bond motifs is 1. The Balaban J connectivity index is 1.71. The standard InChI is InChI=1S/C19H26F3N3O3/c1-24-14(5-3-9-26)11-23-18(27)17-16(24)7-8-25(17)12-13-4-2-6-15(10-13)28-19(20,21)22/h2,4,6,10,14,16-17,26H,3,5,7-9,11-12H2,1H3,(H,23,27)/t14-,16+,17-/m0/s1. The van der Waals surface area contributed by atoms with Crippen molar-refractivity contribution in [3.05, 3.63) is 29.8 Å². The van der Waals surface area contributed by atoms with Crippen LogP contribution >= 0.6 is 0 Å². The number of amides is 1. The van der Waals surface area contributed by atoms with Gasteiger partial charge in [-0.3, -0.25) is 14.6 Å². The molecular weight excluding hydrogens is 375 g/mol. The van der Waals surface area contributed by atoms with Crippen LogP contribution in [-0.2, 0) is 11.3 Å². The second kappa shape index (κ2) is 8.67. The fourth-order valence-electron chi connectivity index (χ4n) is 4.23. The highest BCUT2D eigenvalue weighted by Crippen LogP contribution is 2.30. The number of aliphatic hydroxyl groups is 1. The molecule has 9 heteroatoms. The van der Waals surface area contributed by atoms with E-state index in [9.17, 15) is 18.0 Å². The Kier molecular flexibility index (Phi) is 6.47. The molecule has 0 bridgehead atoms. The predicted molar refractivity (Wildman–Crippen MR) is 96.6 cm³/mol. The molecule has 2 aliphatic heterocycles. The van der Waals surface area contributed by atoms with Crippen LogP contribution < -0.4 is 10.1 Å². The lowest BCUT2D eigenvalue weighted by Gasteiger charge is -2.33. The van der Waals surface area contributed by atoms with Crippen molar-refractivity contribution in [2.75, 3.05) is 26.7 Å². The summed E-state index contributed by atoms with van der Waals surface area (Å²) in [4.78, 5) is 16.9. The van der Waals surface area contributed by atoms with Crippen LogP contribution in [0, 0.1) is 0 Å². The van der Waals surface area contributed by atoms with Gasteiger partial charge in [0, 0.05) is 38.3 Å². The molecule has 0 saturated carbocycles. The van der Waals surface area contributed by atoms with E-state index in [-0.39, 0.29) is 36.4 Å².